The highest BCUT2D eigenvalue weighted by molar-refractivity contribution is 5.96. The molecule has 0 unspecified atom stereocenters. The van der Waals surface area contributed by atoms with Gasteiger partial charge < -0.3 is 15.4 Å². The molecule has 1 atom stereocenters. The molecule has 0 fully saturated rings. The number of rotatable bonds is 5. The fourth-order valence-electron chi connectivity index (χ4n) is 1.49. The van der Waals surface area contributed by atoms with Gasteiger partial charge in [-0.3, -0.25) is 9.59 Å². The van der Waals surface area contributed by atoms with Gasteiger partial charge >= 0.3 is 5.97 Å². The maximum Gasteiger partial charge on any atom is 0.326 e. The van der Waals surface area contributed by atoms with E-state index in [1.54, 1.807) is 0 Å². The first kappa shape index (κ1) is 14.0. The Balaban J connectivity index is 2.75. The number of carboxylic acid groups (broad SMARTS) is 1. The van der Waals surface area contributed by atoms with Gasteiger partial charge in [0.05, 0.1) is 5.56 Å². The number of H-pyrrole nitrogens is 1. The van der Waals surface area contributed by atoms with E-state index in [2.05, 4.69) is 10.3 Å². The first-order valence-corrected chi connectivity index (χ1v) is 5.62. The molecular formula is C12H16N2O4. The van der Waals surface area contributed by atoms with Crippen LogP contribution in [0.1, 0.15) is 30.6 Å². The second-order valence-corrected chi connectivity index (χ2v) is 4.44. The van der Waals surface area contributed by atoms with Crippen molar-refractivity contribution in [1.82, 2.24) is 10.3 Å². The monoisotopic (exact) mass is 252 g/mol. The Kier molecular flexibility index (Phi) is 4.65. The molecule has 0 aliphatic heterocycles. The Morgan fingerprint density at radius 2 is 2.06 bits per heavy atom. The van der Waals surface area contributed by atoms with Gasteiger partial charge in [-0.1, -0.05) is 13.8 Å². The molecule has 0 radical (unpaired) electrons. The number of hydrogen-bond donors (Lipinski definition) is 3. The summed E-state index contributed by atoms with van der Waals surface area (Å²) in [5, 5.41) is 11.4. The lowest BCUT2D eigenvalue weighted by molar-refractivity contribution is -0.139. The third-order valence-electron chi connectivity index (χ3n) is 2.36. The summed E-state index contributed by atoms with van der Waals surface area (Å²) in [6.45, 7) is 3.75. The summed E-state index contributed by atoms with van der Waals surface area (Å²) in [6, 6.07) is 1.64. The van der Waals surface area contributed by atoms with Gasteiger partial charge in [-0.05, 0) is 18.4 Å². The van der Waals surface area contributed by atoms with Gasteiger partial charge in [0.1, 0.15) is 6.04 Å². The minimum Gasteiger partial charge on any atom is -0.480 e. The largest absolute Gasteiger partial charge is 0.480 e. The van der Waals surface area contributed by atoms with Crippen molar-refractivity contribution >= 4 is 11.9 Å². The highest BCUT2D eigenvalue weighted by Gasteiger charge is 2.21. The summed E-state index contributed by atoms with van der Waals surface area (Å²) in [4.78, 5) is 35.9. The van der Waals surface area contributed by atoms with E-state index in [4.69, 9.17) is 5.11 Å². The summed E-state index contributed by atoms with van der Waals surface area (Å²) >= 11 is 0. The van der Waals surface area contributed by atoms with Crippen LogP contribution in [-0.4, -0.2) is 28.0 Å². The quantitative estimate of drug-likeness (QED) is 0.714. The molecule has 3 N–H and O–H groups in total. The van der Waals surface area contributed by atoms with E-state index in [1.165, 1.54) is 18.3 Å². The van der Waals surface area contributed by atoms with Gasteiger partial charge in [-0.15, -0.1) is 0 Å². The van der Waals surface area contributed by atoms with Crippen LogP contribution >= 0.6 is 0 Å². The molecule has 6 heteroatoms. The van der Waals surface area contributed by atoms with Crippen molar-refractivity contribution in [1.29, 1.82) is 0 Å². The van der Waals surface area contributed by atoms with E-state index < -0.39 is 17.9 Å². The Bertz CT molecular complexity index is 473. The topological polar surface area (TPSA) is 99.3 Å². The number of aliphatic carboxylic acids is 1. The third kappa shape index (κ3) is 4.04. The Hall–Kier alpha value is -2.11. The van der Waals surface area contributed by atoms with Crippen LogP contribution in [0, 0.1) is 5.92 Å². The number of aromatic nitrogens is 1. The molecule has 1 heterocycles. The molecule has 1 rings (SSSR count). The molecule has 0 saturated carbocycles. The lowest BCUT2D eigenvalue weighted by Gasteiger charge is -2.16. The lowest BCUT2D eigenvalue weighted by atomic mass is 10.0. The summed E-state index contributed by atoms with van der Waals surface area (Å²) in [7, 11) is 0. The maximum absolute atomic E-state index is 11.8. The SMILES string of the molecule is CC(C)C[C@@H](NC(=O)c1ccc(=O)[nH]c1)C(=O)O. The number of hydrogen-bond acceptors (Lipinski definition) is 3. The number of carboxylic acids is 1. The van der Waals surface area contributed by atoms with Crippen molar-refractivity contribution in [3.8, 4) is 0 Å². The van der Waals surface area contributed by atoms with Crippen LogP contribution in [-0.2, 0) is 4.79 Å². The van der Waals surface area contributed by atoms with E-state index in [-0.39, 0.29) is 17.0 Å². The number of aromatic amines is 1. The van der Waals surface area contributed by atoms with E-state index in [1.807, 2.05) is 13.8 Å². The molecular weight excluding hydrogens is 236 g/mol. The molecule has 1 amide bonds. The Morgan fingerprint density at radius 1 is 1.39 bits per heavy atom. The Morgan fingerprint density at radius 3 is 2.50 bits per heavy atom. The van der Waals surface area contributed by atoms with Crippen LogP contribution in [0.25, 0.3) is 0 Å². The van der Waals surface area contributed by atoms with Crippen molar-refractivity contribution < 1.29 is 14.7 Å². The summed E-state index contributed by atoms with van der Waals surface area (Å²) in [5.74, 6) is -1.43. The highest BCUT2D eigenvalue weighted by Crippen LogP contribution is 2.06. The van der Waals surface area contributed by atoms with Crippen LogP contribution in [0.3, 0.4) is 0 Å². The summed E-state index contributed by atoms with van der Waals surface area (Å²) in [6.07, 6.45) is 1.61. The van der Waals surface area contributed by atoms with Gasteiger partial charge in [0.25, 0.3) is 5.91 Å². The third-order valence-corrected chi connectivity index (χ3v) is 2.36. The molecule has 1 aromatic heterocycles. The first-order valence-electron chi connectivity index (χ1n) is 5.62. The molecule has 0 bridgehead atoms. The molecule has 0 aliphatic rings. The molecule has 18 heavy (non-hydrogen) atoms. The molecule has 0 spiro atoms. The van der Waals surface area contributed by atoms with Gasteiger partial charge in [-0.25, -0.2) is 4.79 Å². The number of nitrogens with one attached hydrogen (secondary N) is 2. The minimum absolute atomic E-state index is 0.155. The van der Waals surface area contributed by atoms with Crippen LogP contribution in [0.15, 0.2) is 23.1 Å². The molecule has 1 aromatic rings. The van der Waals surface area contributed by atoms with Gasteiger partial charge in [0.15, 0.2) is 0 Å². The van der Waals surface area contributed by atoms with Crippen molar-refractivity contribution in [2.24, 2.45) is 5.92 Å². The Labute approximate surface area is 104 Å². The van der Waals surface area contributed by atoms with E-state index in [0.29, 0.717) is 6.42 Å². The number of pyridine rings is 1. The summed E-state index contributed by atoms with van der Waals surface area (Å²) < 4.78 is 0. The second kappa shape index (κ2) is 6.00. The fraction of sp³-hybridized carbons (Fsp3) is 0.417. The maximum atomic E-state index is 11.8. The van der Waals surface area contributed by atoms with E-state index in [9.17, 15) is 14.4 Å². The fourth-order valence-corrected chi connectivity index (χ4v) is 1.49. The summed E-state index contributed by atoms with van der Waals surface area (Å²) in [5.41, 5.74) is -0.0897. The number of amides is 1. The number of carbonyl (C=O) groups excluding carboxylic acids is 1. The minimum atomic E-state index is -1.07. The van der Waals surface area contributed by atoms with Crippen molar-refractivity contribution in [3.05, 3.63) is 34.2 Å². The van der Waals surface area contributed by atoms with Crippen LogP contribution in [0.2, 0.25) is 0 Å². The van der Waals surface area contributed by atoms with Gasteiger partial charge in [-0.2, -0.15) is 0 Å². The normalized spacial score (nSPS) is 12.2. The molecule has 98 valence electrons. The average Bonchev–Trinajstić information content (AvgIpc) is 2.28. The van der Waals surface area contributed by atoms with Crippen molar-refractivity contribution in [2.45, 2.75) is 26.3 Å². The van der Waals surface area contributed by atoms with Crippen LogP contribution in [0.5, 0.6) is 0 Å². The molecule has 0 aliphatic carbocycles. The molecule has 0 saturated heterocycles. The van der Waals surface area contributed by atoms with E-state index >= 15 is 0 Å². The zero-order valence-corrected chi connectivity index (χ0v) is 10.3. The number of carbonyl (C=O) groups is 2. The van der Waals surface area contributed by atoms with Crippen LogP contribution < -0.4 is 10.9 Å². The van der Waals surface area contributed by atoms with Crippen LogP contribution in [0.4, 0.5) is 0 Å². The molecule has 6 nitrogen and oxygen atoms in total. The van der Waals surface area contributed by atoms with Crippen molar-refractivity contribution in [2.75, 3.05) is 0 Å². The van der Waals surface area contributed by atoms with E-state index in [0.717, 1.165) is 0 Å². The average molecular weight is 252 g/mol. The smallest absolute Gasteiger partial charge is 0.326 e. The molecule has 0 aromatic carbocycles. The standard InChI is InChI=1S/C12H16N2O4/c1-7(2)5-9(12(17)18)14-11(16)8-3-4-10(15)13-6-8/h3-4,6-7,9H,5H2,1-2H3,(H,13,15)(H,14,16)(H,17,18)/t9-/m1/s1. The van der Waals surface area contributed by atoms with Crippen molar-refractivity contribution in [3.63, 3.8) is 0 Å². The zero-order chi connectivity index (χ0) is 13.7. The van der Waals surface area contributed by atoms with Gasteiger partial charge in [0.2, 0.25) is 5.56 Å². The first-order chi connectivity index (χ1) is 8.40. The zero-order valence-electron chi connectivity index (χ0n) is 10.3. The van der Waals surface area contributed by atoms with Gasteiger partial charge in [0, 0.05) is 12.3 Å². The highest BCUT2D eigenvalue weighted by atomic mass is 16.4. The predicted octanol–water partition coefficient (Wildman–Crippen LogP) is 0.604. The second-order valence-electron chi connectivity index (χ2n) is 4.44. The predicted molar refractivity (Wildman–Crippen MR) is 65.4 cm³/mol. The lowest BCUT2D eigenvalue weighted by Crippen LogP contribution is -2.41.